The molecule has 0 spiro atoms. The molecule has 2 heterocycles. The number of aryl methyl sites for hydroxylation is 1. The van der Waals surface area contributed by atoms with Crippen molar-refractivity contribution < 1.29 is 0 Å². The zero-order chi connectivity index (χ0) is 13.8. The second kappa shape index (κ2) is 6.04. The van der Waals surface area contributed by atoms with E-state index in [-0.39, 0.29) is 0 Å². The fourth-order valence-electron chi connectivity index (χ4n) is 1.91. The number of hydrogen-bond acceptors (Lipinski definition) is 4. The lowest BCUT2D eigenvalue weighted by Crippen LogP contribution is -2.18. The molecule has 0 aromatic carbocycles. The van der Waals surface area contributed by atoms with Gasteiger partial charge in [0.2, 0.25) is 0 Å². The highest BCUT2D eigenvalue weighted by Crippen LogP contribution is 2.18. The fourth-order valence-corrected chi connectivity index (χ4v) is 2.08. The molecular formula is C13H18ClN5. The molecule has 6 heteroatoms. The van der Waals surface area contributed by atoms with Crippen LogP contribution in [0.3, 0.4) is 0 Å². The molecular weight excluding hydrogens is 262 g/mol. The van der Waals surface area contributed by atoms with Crippen molar-refractivity contribution in [2.75, 3.05) is 19.4 Å². The van der Waals surface area contributed by atoms with Gasteiger partial charge in [0.15, 0.2) is 0 Å². The number of nitrogens with one attached hydrogen (secondary N) is 1. The summed E-state index contributed by atoms with van der Waals surface area (Å²) in [4.78, 5) is 6.63. The van der Waals surface area contributed by atoms with Crippen LogP contribution in [0.15, 0.2) is 24.5 Å². The highest BCUT2D eigenvalue weighted by atomic mass is 35.5. The van der Waals surface area contributed by atoms with E-state index in [4.69, 9.17) is 11.6 Å². The maximum Gasteiger partial charge on any atom is 0.126 e. The van der Waals surface area contributed by atoms with E-state index in [1.54, 1.807) is 4.68 Å². The largest absolute Gasteiger partial charge is 0.373 e. The first-order valence-corrected chi connectivity index (χ1v) is 6.45. The van der Waals surface area contributed by atoms with Gasteiger partial charge in [-0.05, 0) is 19.2 Å². The second-order valence-electron chi connectivity index (χ2n) is 4.57. The standard InChI is InChI=1S/C13H18ClN5/c1-15-13-5-4-11(14)12(17-13)9-18(2)7-10-6-16-19(3)8-10/h4-6,8H,7,9H2,1-3H3,(H,15,17). The van der Waals surface area contributed by atoms with Crippen LogP contribution in [0.2, 0.25) is 5.02 Å². The molecule has 19 heavy (non-hydrogen) atoms. The summed E-state index contributed by atoms with van der Waals surface area (Å²) >= 11 is 6.17. The number of nitrogens with zero attached hydrogens (tertiary/aromatic N) is 4. The summed E-state index contributed by atoms with van der Waals surface area (Å²) in [5.74, 6) is 0.828. The summed E-state index contributed by atoms with van der Waals surface area (Å²) < 4.78 is 1.80. The van der Waals surface area contributed by atoms with Crippen LogP contribution in [0.25, 0.3) is 0 Å². The smallest absolute Gasteiger partial charge is 0.126 e. The van der Waals surface area contributed by atoms with E-state index in [2.05, 4.69) is 20.3 Å². The molecule has 2 rings (SSSR count). The van der Waals surface area contributed by atoms with Crippen molar-refractivity contribution in [1.82, 2.24) is 19.7 Å². The van der Waals surface area contributed by atoms with Gasteiger partial charge in [0.05, 0.1) is 16.9 Å². The molecule has 1 N–H and O–H groups in total. The zero-order valence-corrected chi connectivity index (χ0v) is 12.1. The lowest BCUT2D eigenvalue weighted by atomic mass is 10.3. The van der Waals surface area contributed by atoms with Crippen LogP contribution >= 0.6 is 11.6 Å². The first-order chi connectivity index (χ1) is 9.08. The van der Waals surface area contributed by atoms with Crippen LogP contribution in [-0.4, -0.2) is 33.8 Å². The molecule has 0 radical (unpaired) electrons. The van der Waals surface area contributed by atoms with Gasteiger partial charge in [0, 0.05) is 38.9 Å². The van der Waals surface area contributed by atoms with Gasteiger partial charge in [-0.15, -0.1) is 0 Å². The van der Waals surface area contributed by atoms with Crippen LogP contribution in [0.1, 0.15) is 11.3 Å². The van der Waals surface area contributed by atoms with E-state index < -0.39 is 0 Å². The lowest BCUT2D eigenvalue weighted by molar-refractivity contribution is 0.315. The molecule has 2 aromatic rings. The summed E-state index contributed by atoms with van der Waals surface area (Å²) in [5, 5.41) is 7.87. The highest BCUT2D eigenvalue weighted by Gasteiger charge is 2.08. The molecule has 5 nitrogen and oxygen atoms in total. The van der Waals surface area contributed by atoms with Crippen molar-refractivity contribution in [3.8, 4) is 0 Å². The van der Waals surface area contributed by atoms with E-state index in [1.165, 1.54) is 5.56 Å². The molecule has 0 aliphatic carbocycles. The molecule has 0 saturated carbocycles. The monoisotopic (exact) mass is 279 g/mol. The van der Waals surface area contributed by atoms with Gasteiger partial charge in [0.1, 0.15) is 5.82 Å². The minimum absolute atomic E-state index is 0.692. The molecule has 0 saturated heterocycles. The number of anilines is 1. The Balaban J connectivity index is 2.03. The van der Waals surface area contributed by atoms with Crippen molar-refractivity contribution in [3.63, 3.8) is 0 Å². The van der Waals surface area contributed by atoms with Crippen molar-refractivity contribution in [2.45, 2.75) is 13.1 Å². The molecule has 0 aliphatic rings. The van der Waals surface area contributed by atoms with Gasteiger partial charge in [-0.1, -0.05) is 11.6 Å². The van der Waals surface area contributed by atoms with Crippen LogP contribution < -0.4 is 5.32 Å². The Morgan fingerprint density at radius 3 is 2.79 bits per heavy atom. The van der Waals surface area contributed by atoms with Crippen LogP contribution in [-0.2, 0) is 20.1 Å². The number of pyridine rings is 1. The molecule has 0 bridgehead atoms. The summed E-state index contributed by atoms with van der Waals surface area (Å²) in [6.45, 7) is 1.51. The van der Waals surface area contributed by atoms with E-state index in [9.17, 15) is 0 Å². The summed E-state index contributed by atoms with van der Waals surface area (Å²) in [5.41, 5.74) is 2.05. The first-order valence-electron chi connectivity index (χ1n) is 6.07. The Bertz CT molecular complexity index is 552. The van der Waals surface area contributed by atoms with Crippen LogP contribution in [0.5, 0.6) is 0 Å². The minimum Gasteiger partial charge on any atom is -0.373 e. The average Bonchev–Trinajstić information content (AvgIpc) is 2.77. The van der Waals surface area contributed by atoms with Gasteiger partial charge in [-0.3, -0.25) is 9.58 Å². The summed E-state index contributed by atoms with van der Waals surface area (Å²) in [6.07, 6.45) is 3.88. The van der Waals surface area contributed by atoms with E-state index in [0.29, 0.717) is 11.6 Å². The predicted octanol–water partition coefficient (Wildman–Crippen LogP) is 2.14. The lowest BCUT2D eigenvalue weighted by Gasteiger charge is -2.16. The maximum absolute atomic E-state index is 6.17. The zero-order valence-electron chi connectivity index (χ0n) is 11.4. The van der Waals surface area contributed by atoms with Gasteiger partial charge in [-0.25, -0.2) is 4.98 Å². The third-order valence-corrected chi connectivity index (χ3v) is 3.15. The summed E-state index contributed by atoms with van der Waals surface area (Å²) in [6, 6.07) is 3.74. The van der Waals surface area contributed by atoms with Crippen molar-refractivity contribution in [2.24, 2.45) is 7.05 Å². The molecule has 0 atom stereocenters. The Hall–Kier alpha value is -1.59. The molecule has 102 valence electrons. The van der Waals surface area contributed by atoms with Crippen molar-refractivity contribution >= 4 is 17.4 Å². The second-order valence-corrected chi connectivity index (χ2v) is 4.98. The Morgan fingerprint density at radius 2 is 2.16 bits per heavy atom. The third-order valence-electron chi connectivity index (χ3n) is 2.81. The van der Waals surface area contributed by atoms with Gasteiger partial charge < -0.3 is 5.32 Å². The predicted molar refractivity (Wildman–Crippen MR) is 77.2 cm³/mol. The number of hydrogen-bond donors (Lipinski definition) is 1. The summed E-state index contributed by atoms with van der Waals surface area (Å²) in [7, 11) is 5.80. The van der Waals surface area contributed by atoms with Crippen LogP contribution in [0.4, 0.5) is 5.82 Å². The Morgan fingerprint density at radius 1 is 1.37 bits per heavy atom. The Kier molecular flexibility index (Phi) is 4.39. The van der Waals surface area contributed by atoms with Crippen molar-refractivity contribution in [3.05, 3.63) is 40.8 Å². The van der Waals surface area contributed by atoms with Gasteiger partial charge in [0.25, 0.3) is 0 Å². The number of rotatable bonds is 5. The molecule has 0 fully saturated rings. The third kappa shape index (κ3) is 3.68. The fraction of sp³-hybridized carbons (Fsp3) is 0.385. The molecule has 0 aliphatic heterocycles. The maximum atomic E-state index is 6.17. The SMILES string of the molecule is CNc1ccc(Cl)c(CN(C)Cc2cnn(C)c2)n1. The van der Waals surface area contributed by atoms with Crippen molar-refractivity contribution in [1.29, 1.82) is 0 Å². The molecule has 0 amide bonds. The van der Waals surface area contributed by atoms with E-state index >= 15 is 0 Å². The van der Waals surface area contributed by atoms with Gasteiger partial charge >= 0.3 is 0 Å². The average molecular weight is 280 g/mol. The first kappa shape index (κ1) is 13.8. The molecule has 2 aromatic heterocycles. The van der Waals surface area contributed by atoms with E-state index in [0.717, 1.165) is 18.1 Å². The Labute approximate surface area is 118 Å². The highest BCUT2D eigenvalue weighted by molar-refractivity contribution is 6.31. The topological polar surface area (TPSA) is 46.0 Å². The minimum atomic E-state index is 0.692. The molecule has 0 unspecified atom stereocenters. The number of aromatic nitrogens is 3. The normalized spacial score (nSPS) is 11.0. The van der Waals surface area contributed by atoms with Gasteiger partial charge in [-0.2, -0.15) is 5.10 Å². The van der Waals surface area contributed by atoms with Crippen LogP contribution in [0, 0.1) is 0 Å². The quantitative estimate of drug-likeness (QED) is 0.911. The number of halogens is 1. The van der Waals surface area contributed by atoms with E-state index in [1.807, 2.05) is 45.7 Å².